The molecule has 1 aromatic heterocycles. The van der Waals surface area contributed by atoms with E-state index >= 15 is 0 Å². The van der Waals surface area contributed by atoms with Crippen LogP contribution in [0.2, 0.25) is 0 Å². The van der Waals surface area contributed by atoms with E-state index in [0.717, 1.165) is 33.4 Å². The normalized spacial score (nSPS) is 12.8. The van der Waals surface area contributed by atoms with Crippen LogP contribution >= 0.6 is 0 Å². The Bertz CT molecular complexity index is 1340. The minimum absolute atomic E-state index is 0.0254. The predicted octanol–water partition coefficient (Wildman–Crippen LogP) is 5.20. The molecule has 0 aliphatic heterocycles. The van der Waals surface area contributed by atoms with Gasteiger partial charge in [-0.3, -0.25) is 14.4 Å². The first-order chi connectivity index (χ1) is 18.5. The summed E-state index contributed by atoms with van der Waals surface area (Å²) in [7, 11) is 5.25. The van der Waals surface area contributed by atoms with Crippen LogP contribution in [0.5, 0.6) is 0 Å². The van der Waals surface area contributed by atoms with E-state index in [1.54, 1.807) is 12.3 Å². The number of hydrogen-bond acceptors (Lipinski definition) is 5. The van der Waals surface area contributed by atoms with E-state index in [-0.39, 0.29) is 23.8 Å². The highest BCUT2D eigenvalue weighted by atomic mass is 16.5. The van der Waals surface area contributed by atoms with E-state index in [1.165, 1.54) is 17.7 Å². The Balaban J connectivity index is 2.01. The third-order valence-electron chi connectivity index (χ3n) is 6.81. The number of methoxy groups -OCH3 is 1. The molecule has 3 aromatic rings. The fraction of sp³-hybridized carbons (Fsp3) is 0.406. The third-order valence-corrected chi connectivity index (χ3v) is 6.81. The Kier molecular flexibility index (Phi) is 10.2. The number of nitrogens with zero attached hydrogens (tertiary/aromatic N) is 2. The summed E-state index contributed by atoms with van der Waals surface area (Å²) in [6.07, 6.45) is 2.22. The number of ether oxygens (including phenoxy) is 1. The van der Waals surface area contributed by atoms with Crippen molar-refractivity contribution in [2.75, 3.05) is 21.2 Å². The summed E-state index contributed by atoms with van der Waals surface area (Å²) in [6, 6.07) is 16.0. The van der Waals surface area contributed by atoms with Crippen LogP contribution in [0.3, 0.4) is 0 Å². The Morgan fingerprint density at radius 3 is 2.28 bits per heavy atom. The number of carbonyl (C=O) groups is 2. The summed E-state index contributed by atoms with van der Waals surface area (Å²) in [5.41, 5.74) is 5.94. The fourth-order valence-electron chi connectivity index (χ4n) is 5.00. The minimum Gasteiger partial charge on any atom is -0.469 e. The Hall–Kier alpha value is -3.71. The zero-order valence-electron chi connectivity index (χ0n) is 24.2. The molecule has 208 valence electrons. The molecule has 0 bridgehead atoms. The van der Waals surface area contributed by atoms with Crippen molar-refractivity contribution >= 4 is 11.9 Å². The van der Waals surface area contributed by atoms with Crippen molar-refractivity contribution in [2.45, 2.75) is 59.2 Å². The lowest BCUT2D eigenvalue weighted by Gasteiger charge is -2.26. The number of hydrogen-bond donors (Lipinski definition) is 1. The van der Waals surface area contributed by atoms with Crippen molar-refractivity contribution in [3.8, 4) is 11.1 Å². The van der Waals surface area contributed by atoms with Crippen LogP contribution in [0.1, 0.15) is 61.0 Å². The van der Waals surface area contributed by atoms with Crippen LogP contribution < -0.4 is 10.9 Å². The van der Waals surface area contributed by atoms with Gasteiger partial charge in [0.1, 0.15) is 6.04 Å². The van der Waals surface area contributed by atoms with Crippen LogP contribution in [0.4, 0.5) is 0 Å². The van der Waals surface area contributed by atoms with Crippen molar-refractivity contribution < 1.29 is 14.3 Å². The first kappa shape index (κ1) is 29.8. The highest BCUT2D eigenvalue weighted by Gasteiger charge is 2.27. The van der Waals surface area contributed by atoms with Crippen molar-refractivity contribution in [2.24, 2.45) is 5.92 Å². The van der Waals surface area contributed by atoms with Crippen LogP contribution in [-0.4, -0.2) is 42.5 Å². The molecule has 0 aliphatic rings. The molecule has 0 spiro atoms. The third kappa shape index (κ3) is 7.90. The molecule has 1 unspecified atom stereocenters. The van der Waals surface area contributed by atoms with Crippen molar-refractivity contribution in [1.29, 1.82) is 0 Å². The quantitative estimate of drug-likeness (QED) is 0.344. The van der Waals surface area contributed by atoms with Gasteiger partial charge in [-0.1, -0.05) is 56.3 Å². The number of aromatic nitrogens is 1. The Morgan fingerprint density at radius 1 is 1.00 bits per heavy atom. The van der Waals surface area contributed by atoms with Crippen LogP contribution in [0, 0.1) is 19.8 Å². The lowest BCUT2D eigenvalue weighted by Crippen LogP contribution is -2.40. The second kappa shape index (κ2) is 13.4. The van der Waals surface area contributed by atoms with E-state index in [9.17, 15) is 14.4 Å². The van der Waals surface area contributed by atoms with Crippen molar-refractivity contribution in [3.63, 3.8) is 0 Å². The molecule has 0 aliphatic carbocycles. The second-order valence-corrected chi connectivity index (χ2v) is 10.9. The molecule has 1 amide bonds. The maximum Gasteiger partial charge on any atom is 0.307 e. The highest BCUT2D eigenvalue weighted by molar-refractivity contribution is 5.82. The van der Waals surface area contributed by atoms with Gasteiger partial charge in [-0.25, -0.2) is 0 Å². The number of rotatable bonds is 11. The van der Waals surface area contributed by atoms with Gasteiger partial charge in [-0.2, -0.15) is 0 Å². The predicted molar refractivity (Wildman–Crippen MR) is 155 cm³/mol. The van der Waals surface area contributed by atoms with E-state index in [1.807, 2.05) is 63.2 Å². The van der Waals surface area contributed by atoms with Gasteiger partial charge in [0.05, 0.1) is 19.6 Å². The molecule has 1 heterocycles. The summed E-state index contributed by atoms with van der Waals surface area (Å²) in [5, 5.41) is 3.09. The van der Waals surface area contributed by atoms with Gasteiger partial charge in [0.15, 0.2) is 0 Å². The fourth-order valence-corrected chi connectivity index (χ4v) is 5.00. The van der Waals surface area contributed by atoms with Crippen LogP contribution in [0.25, 0.3) is 11.1 Å². The molecule has 2 atom stereocenters. The Labute approximate surface area is 231 Å². The summed E-state index contributed by atoms with van der Waals surface area (Å²) in [6.45, 7) is 8.83. The van der Waals surface area contributed by atoms with E-state index in [4.69, 9.17) is 4.74 Å². The number of esters is 1. The molecule has 3 rings (SSSR count). The average molecular weight is 532 g/mol. The topological polar surface area (TPSA) is 80.6 Å². The molecule has 7 nitrogen and oxygen atoms in total. The second-order valence-electron chi connectivity index (χ2n) is 10.9. The number of benzene rings is 2. The van der Waals surface area contributed by atoms with Gasteiger partial charge >= 0.3 is 5.97 Å². The monoisotopic (exact) mass is 531 g/mol. The smallest absolute Gasteiger partial charge is 0.307 e. The van der Waals surface area contributed by atoms with Gasteiger partial charge in [0.2, 0.25) is 5.91 Å². The highest BCUT2D eigenvalue weighted by Crippen LogP contribution is 2.30. The SMILES string of the molecule is COC(=O)C[C@H](NC(=O)C(CC(C)C)n1cc(CN(C)C)ccc1=O)c1cccc(-c2c(C)cccc2C)c1. The summed E-state index contributed by atoms with van der Waals surface area (Å²) in [5.74, 6) is -0.570. The number of carbonyl (C=O) groups excluding carboxylic acids is 2. The maximum atomic E-state index is 13.8. The first-order valence-electron chi connectivity index (χ1n) is 13.4. The van der Waals surface area contributed by atoms with E-state index in [2.05, 4.69) is 31.3 Å². The molecular weight excluding hydrogens is 490 g/mol. The molecule has 39 heavy (non-hydrogen) atoms. The average Bonchev–Trinajstić information content (AvgIpc) is 2.87. The molecule has 1 N–H and O–H groups in total. The van der Waals surface area contributed by atoms with Gasteiger partial charge in [-0.05, 0) is 79.7 Å². The van der Waals surface area contributed by atoms with E-state index < -0.39 is 18.1 Å². The lowest BCUT2D eigenvalue weighted by atomic mass is 9.92. The molecule has 0 radical (unpaired) electrons. The number of nitrogens with one attached hydrogen (secondary N) is 1. The zero-order chi connectivity index (χ0) is 28.7. The van der Waals surface area contributed by atoms with Gasteiger partial charge in [0.25, 0.3) is 5.56 Å². The molecule has 0 saturated heterocycles. The minimum atomic E-state index is -0.721. The van der Waals surface area contributed by atoms with Crippen molar-refractivity contribution in [1.82, 2.24) is 14.8 Å². The standard InChI is InChI=1S/C32H41N3O4/c1-21(2)16-28(35-20-24(19-34(5)6)14-15-29(35)36)32(38)33-27(18-30(37)39-7)25-12-9-13-26(17-25)31-22(3)10-8-11-23(31)4/h8-15,17,20-21,27-28H,16,18-19H2,1-7H3,(H,33,38)/t27-,28?/m0/s1. The van der Waals surface area contributed by atoms with Crippen LogP contribution in [0.15, 0.2) is 65.6 Å². The Morgan fingerprint density at radius 2 is 1.67 bits per heavy atom. The number of aryl methyl sites for hydroxylation is 2. The largest absolute Gasteiger partial charge is 0.469 e. The molecular formula is C32H41N3O4. The molecule has 7 heteroatoms. The maximum absolute atomic E-state index is 13.8. The lowest BCUT2D eigenvalue weighted by molar-refractivity contribution is -0.141. The summed E-state index contributed by atoms with van der Waals surface area (Å²) in [4.78, 5) is 41.2. The van der Waals surface area contributed by atoms with Gasteiger partial charge in [0, 0.05) is 18.8 Å². The van der Waals surface area contributed by atoms with Crippen LogP contribution in [-0.2, 0) is 20.9 Å². The van der Waals surface area contributed by atoms with Crippen molar-refractivity contribution in [3.05, 3.63) is 93.4 Å². The summed E-state index contributed by atoms with van der Waals surface area (Å²) >= 11 is 0. The molecule has 2 aromatic carbocycles. The number of pyridine rings is 1. The van der Waals surface area contributed by atoms with Gasteiger partial charge in [-0.15, -0.1) is 0 Å². The molecule has 0 fully saturated rings. The molecule has 0 saturated carbocycles. The summed E-state index contributed by atoms with van der Waals surface area (Å²) < 4.78 is 6.49. The number of amides is 1. The van der Waals surface area contributed by atoms with E-state index in [0.29, 0.717) is 13.0 Å². The zero-order valence-corrected chi connectivity index (χ0v) is 24.2. The van der Waals surface area contributed by atoms with Gasteiger partial charge < -0.3 is 19.5 Å². The first-order valence-corrected chi connectivity index (χ1v) is 13.4.